The maximum atomic E-state index is 12.9. The van der Waals surface area contributed by atoms with Crippen LogP contribution >= 0.6 is 0 Å². The van der Waals surface area contributed by atoms with Gasteiger partial charge in [-0.15, -0.1) is 0 Å². The van der Waals surface area contributed by atoms with Gasteiger partial charge in [0.25, 0.3) is 5.91 Å². The van der Waals surface area contributed by atoms with Crippen molar-refractivity contribution in [3.63, 3.8) is 0 Å². The highest BCUT2D eigenvalue weighted by molar-refractivity contribution is 5.82. The second kappa shape index (κ2) is 13.4. The van der Waals surface area contributed by atoms with Crippen molar-refractivity contribution in [2.45, 2.75) is 38.8 Å². The second-order valence-corrected chi connectivity index (χ2v) is 9.05. The lowest BCUT2D eigenvalue weighted by Crippen LogP contribution is -2.30. The molecule has 8 heteroatoms. The van der Waals surface area contributed by atoms with Crippen LogP contribution < -0.4 is 10.1 Å². The fraction of sp³-hybridized carbons (Fsp3) is 0.258. The van der Waals surface area contributed by atoms with Crippen LogP contribution in [0, 0.1) is 6.92 Å². The Morgan fingerprint density at radius 3 is 2.38 bits per heavy atom. The van der Waals surface area contributed by atoms with E-state index in [2.05, 4.69) is 10.3 Å². The minimum absolute atomic E-state index is 0.0129. The van der Waals surface area contributed by atoms with E-state index in [0.29, 0.717) is 31.1 Å². The summed E-state index contributed by atoms with van der Waals surface area (Å²) in [6.45, 7) is 2.47. The highest BCUT2D eigenvalue weighted by Gasteiger charge is 2.20. The van der Waals surface area contributed by atoms with Gasteiger partial charge < -0.3 is 24.3 Å². The molecule has 0 bridgehead atoms. The van der Waals surface area contributed by atoms with Crippen molar-refractivity contribution in [1.29, 1.82) is 0 Å². The number of aryl methyl sites for hydroxylation is 2. The number of rotatable bonds is 13. The summed E-state index contributed by atoms with van der Waals surface area (Å²) in [7, 11) is 1.49. The third-order valence-corrected chi connectivity index (χ3v) is 6.34. The molecule has 4 aromatic rings. The number of nitrogens with one attached hydrogen (secondary N) is 1. The molecular weight excluding hydrogens is 496 g/mol. The molecule has 0 spiro atoms. The van der Waals surface area contributed by atoms with E-state index in [1.165, 1.54) is 7.11 Å². The number of carboxylic acids is 1. The fourth-order valence-electron chi connectivity index (χ4n) is 4.27. The van der Waals surface area contributed by atoms with Crippen molar-refractivity contribution in [2.75, 3.05) is 13.7 Å². The van der Waals surface area contributed by atoms with E-state index in [9.17, 15) is 9.59 Å². The van der Waals surface area contributed by atoms with Gasteiger partial charge in [0.15, 0.2) is 6.10 Å². The number of amides is 1. The Balaban J connectivity index is 1.42. The summed E-state index contributed by atoms with van der Waals surface area (Å²) in [5, 5.41) is 12.1. The number of carbonyl (C=O) groups excluding carboxylic acids is 1. The van der Waals surface area contributed by atoms with Crippen molar-refractivity contribution in [3.8, 4) is 17.2 Å². The maximum Gasteiger partial charge on any atom is 0.303 e. The monoisotopic (exact) mass is 528 g/mol. The van der Waals surface area contributed by atoms with Gasteiger partial charge in [0.05, 0.1) is 12.3 Å². The lowest BCUT2D eigenvalue weighted by Gasteiger charge is -2.17. The first-order valence-corrected chi connectivity index (χ1v) is 12.8. The largest absolute Gasteiger partial charge is 0.493 e. The number of aliphatic carboxylic acids is 1. The van der Waals surface area contributed by atoms with Gasteiger partial charge in [0.2, 0.25) is 5.89 Å². The van der Waals surface area contributed by atoms with E-state index in [1.54, 1.807) is 0 Å². The van der Waals surface area contributed by atoms with Gasteiger partial charge in [-0.3, -0.25) is 9.59 Å². The molecule has 0 saturated heterocycles. The van der Waals surface area contributed by atoms with Crippen molar-refractivity contribution in [1.82, 2.24) is 10.3 Å². The molecule has 8 nitrogen and oxygen atoms in total. The molecule has 1 amide bonds. The summed E-state index contributed by atoms with van der Waals surface area (Å²) >= 11 is 0. The van der Waals surface area contributed by atoms with Crippen LogP contribution in [0.5, 0.6) is 5.75 Å². The fourth-order valence-corrected chi connectivity index (χ4v) is 4.27. The third-order valence-electron chi connectivity index (χ3n) is 6.34. The minimum atomic E-state index is -0.883. The summed E-state index contributed by atoms with van der Waals surface area (Å²) in [5.74, 6) is 0.778. The third kappa shape index (κ3) is 7.55. The van der Waals surface area contributed by atoms with E-state index in [0.717, 1.165) is 33.7 Å². The quantitative estimate of drug-likeness (QED) is 0.242. The van der Waals surface area contributed by atoms with Crippen LogP contribution in [0.25, 0.3) is 11.5 Å². The summed E-state index contributed by atoms with van der Waals surface area (Å²) in [6, 6.07) is 24.5. The van der Waals surface area contributed by atoms with Gasteiger partial charge in [-0.25, -0.2) is 4.98 Å². The Hall–Kier alpha value is -4.43. The van der Waals surface area contributed by atoms with Crippen LogP contribution in [0.3, 0.4) is 0 Å². The Kier molecular flexibility index (Phi) is 9.48. The Morgan fingerprint density at radius 2 is 1.69 bits per heavy atom. The van der Waals surface area contributed by atoms with Crippen molar-refractivity contribution in [2.24, 2.45) is 0 Å². The number of hydrogen-bond donors (Lipinski definition) is 2. The maximum absolute atomic E-state index is 12.9. The Morgan fingerprint density at radius 1 is 0.974 bits per heavy atom. The normalized spacial score (nSPS) is 11.6. The topological polar surface area (TPSA) is 111 Å². The number of oxazole rings is 1. The molecule has 1 atom stereocenters. The van der Waals surface area contributed by atoms with Gasteiger partial charge in [-0.05, 0) is 54.3 Å². The van der Waals surface area contributed by atoms with Gasteiger partial charge in [0.1, 0.15) is 11.5 Å². The number of ether oxygens (including phenoxy) is 2. The van der Waals surface area contributed by atoms with Crippen molar-refractivity contribution in [3.05, 3.63) is 107 Å². The highest BCUT2D eigenvalue weighted by Crippen LogP contribution is 2.24. The molecule has 4 rings (SSSR count). The molecule has 0 aliphatic carbocycles. The molecule has 202 valence electrons. The molecule has 39 heavy (non-hydrogen) atoms. The second-order valence-electron chi connectivity index (χ2n) is 9.05. The number of nitrogens with zero attached hydrogens (tertiary/aromatic N) is 1. The van der Waals surface area contributed by atoms with Crippen LogP contribution in [0.4, 0.5) is 0 Å². The average Bonchev–Trinajstić information content (AvgIpc) is 3.33. The number of carboxylic acid groups (broad SMARTS) is 1. The van der Waals surface area contributed by atoms with Gasteiger partial charge >= 0.3 is 5.97 Å². The lowest BCUT2D eigenvalue weighted by atomic mass is 10.0. The van der Waals surface area contributed by atoms with E-state index < -0.39 is 12.1 Å². The van der Waals surface area contributed by atoms with Crippen molar-refractivity contribution >= 4 is 11.9 Å². The summed E-state index contributed by atoms with van der Waals surface area (Å²) in [4.78, 5) is 28.7. The number of hydrogen-bond acceptors (Lipinski definition) is 6. The molecule has 0 aliphatic heterocycles. The van der Waals surface area contributed by atoms with Crippen LogP contribution in [0.2, 0.25) is 0 Å². The van der Waals surface area contributed by atoms with Crippen molar-refractivity contribution < 1.29 is 28.6 Å². The molecule has 1 heterocycles. The van der Waals surface area contributed by atoms with Crippen LogP contribution in [-0.2, 0) is 33.7 Å². The molecular formula is C31H32N2O6. The number of carbonyl (C=O) groups is 2. The molecule has 0 fully saturated rings. The van der Waals surface area contributed by atoms with Gasteiger partial charge in [-0.2, -0.15) is 0 Å². The van der Waals surface area contributed by atoms with Crippen LogP contribution in [0.1, 0.15) is 40.7 Å². The smallest absolute Gasteiger partial charge is 0.303 e. The first-order chi connectivity index (χ1) is 18.9. The Bertz CT molecular complexity index is 1380. The molecule has 2 N–H and O–H groups in total. The number of benzene rings is 3. The zero-order valence-electron chi connectivity index (χ0n) is 22.1. The molecule has 1 unspecified atom stereocenters. The first-order valence-electron chi connectivity index (χ1n) is 12.8. The standard InChI is InChI=1S/C31H32N2O6/c1-21-27(33-31(39-21)24-11-7-4-8-12-24)17-18-38-26-15-13-22(14-16-28(34)35)25(19-26)20-32-30(36)29(37-2)23-9-5-3-6-10-23/h3-13,15,19,29H,14,16-18,20H2,1-2H3,(H,32,36)(H,34,35). The predicted molar refractivity (Wildman–Crippen MR) is 146 cm³/mol. The van der Waals surface area contributed by atoms with Gasteiger partial charge in [-0.1, -0.05) is 54.6 Å². The molecule has 1 aromatic heterocycles. The first kappa shape index (κ1) is 27.6. The van der Waals surface area contributed by atoms with Gasteiger partial charge in [0, 0.05) is 32.1 Å². The van der Waals surface area contributed by atoms with E-state index >= 15 is 0 Å². The summed E-state index contributed by atoms with van der Waals surface area (Å²) < 4.78 is 17.3. The predicted octanol–water partition coefficient (Wildman–Crippen LogP) is 5.29. The zero-order chi connectivity index (χ0) is 27.6. The molecule has 0 aliphatic rings. The molecule has 0 saturated carbocycles. The molecule has 3 aromatic carbocycles. The SMILES string of the molecule is COC(C(=O)NCc1cc(OCCc2nc(-c3ccccc3)oc2C)ccc1CCC(=O)O)c1ccccc1. The number of methoxy groups -OCH3 is 1. The lowest BCUT2D eigenvalue weighted by molar-refractivity contribution is -0.137. The number of aromatic nitrogens is 1. The molecule has 0 radical (unpaired) electrons. The van der Waals surface area contributed by atoms with E-state index in [4.69, 9.17) is 19.0 Å². The average molecular weight is 529 g/mol. The highest BCUT2D eigenvalue weighted by atomic mass is 16.5. The minimum Gasteiger partial charge on any atom is -0.493 e. The van der Waals surface area contributed by atoms with E-state index in [1.807, 2.05) is 85.8 Å². The van der Waals surface area contributed by atoms with Crippen LogP contribution in [-0.4, -0.2) is 35.7 Å². The van der Waals surface area contributed by atoms with E-state index in [-0.39, 0.29) is 18.9 Å². The van der Waals surface area contributed by atoms with Crippen LogP contribution in [0.15, 0.2) is 83.3 Å². The summed E-state index contributed by atoms with van der Waals surface area (Å²) in [5.41, 5.74) is 4.11. The Labute approximate surface area is 227 Å². The summed E-state index contributed by atoms with van der Waals surface area (Å²) in [6.07, 6.45) is 0.135. The zero-order valence-corrected chi connectivity index (χ0v) is 22.1.